The molecule has 1 fully saturated rings. The second-order valence-electron chi connectivity index (χ2n) is 4.52. The predicted molar refractivity (Wildman–Crippen MR) is 70.8 cm³/mol. The summed E-state index contributed by atoms with van der Waals surface area (Å²) in [6, 6.07) is 6.99. The maximum atomic E-state index is 11.9. The minimum atomic E-state index is -3.44. The Kier molecular flexibility index (Phi) is 3.26. The summed E-state index contributed by atoms with van der Waals surface area (Å²) < 4.78 is 31.6. The second-order valence-corrected chi connectivity index (χ2v) is 6.17. The number of nitrogens with zero attached hydrogens (tertiary/aromatic N) is 1. The number of hydrogen-bond donors (Lipinski definition) is 2. The van der Waals surface area contributed by atoms with Gasteiger partial charge < -0.3 is 10.1 Å². The molecule has 1 saturated heterocycles. The first-order valence-electron chi connectivity index (χ1n) is 6.14. The highest BCUT2D eigenvalue weighted by atomic mass is 32.2. The van der Waals surface area contributed by atoms with Crippen LogP contribution in [0.25, 0.3) is 0 Å². The zero-order valence-electron chi connectivity index (χ0n) is 10.3. The Balaban J connectivity index is 1.83. The molecule has 1 atom stereocenters. The number of sulfonamides is 1. The molecule has 0 amide bonds. The molecular weight excluding hydrogens is 266 g/mol. The molecule has 2 N–H and O–H groups in total. The molecule has 0 radical (unpaired) electrons. The largest absolute Gasteiger partial charge is 0.378 e. The van der Waals surface area contributed by atoms with Gasteiger partial charge in [-0.1, -0.05) is 12.1 Å². The van der Waals surface area contributed by atoms with Crippen molar-refractivity contribution in [2.45, 2.75) is 10.9 Å². The molecule has 0 saturated carbocycles. The second kappa shape index (κ2) is 4.92. The third-order valence-electron chi connectivity index (χ3n) is 3.13. The van der Waals surface area contributed by atoms with Gasteiger partial charge in [0.1, 0.15) is 5.84 Å². The van der Waals surface area contributed by atoms with Gasteiger partial charge >= 0.3 is 0 Å². The van der Waals surface area contributed by atoms with E-state index in [-0.39, 0.29) is 6.04 Å². The Labute approximate surface area is 111 Å². The van der Waals surface area contributed by atoms with Gasteiger partial charge in [0.2, 0.25) is 0 Å². The number of rotatable bonds is 2. The molecule has 1 unspecified atom stereocenters. The molecule has 102 valence electrons. The van der Waals surface area contributed by atoms with Gasteiger partial charge in [0.25, 0.3) is 10.0 Å². The molecule has 0 bridgehead atoms. The fraction of sp³-hybridized carbons (Fsp3) is 0.417. The van der Waals surface area contributed by atoms with Crippen LogP contribution in [0.2, 0.25) is 0 Å². The lowest BCUT2D eigenvalue weighted by Gasteiger charge is -2.22. The first-order valence-corrected chi connectivity index (χ1v) is 7.63. The zero-order chi connectivity index (χ0) is 13.3. The van der Waals surface area contributed by atoms with E-state index in [9.17, 15) is 8.42 Å². The SMILES string of the molecule is O=S1(=O)NC(=NCC2COCCN2)c2ccccc21. The van der Waals surface area contributed by atoms with Gasteiger partial charge in [-0.2, -0.15) is 0 Å². The first-order chi connectivity index (χ1) is 9.17. The van der Waals surface area contributed by atoms with Crippen molar-refractivity contribution >= 4 is 15.9 Å². The highest BCUT2D eigenvalue weighted by molar-refractivity contribution is 7.90. The molecule has 0 spiro atoms. The van der Waals surface area contributed by atoms with Gasteiger partial charge in [-0.05, 0) is 12.1 Å². The smallest absolute Gasteiger partial charge is 0.263 e. The van der Waals surface area contributed by atoms with Gasteiger partial charge in [-0.25, -0.2) is 8.42 Å². The number of aliphatic imine (C=N–C) groups is 1. The minimum absolute atomic E-state index is 0.138. The van der Waals surface area contributed by atoms with Crippen molar-refractivity contribution in [1.29, 1.82) is 0 Å². The van der Waals surface area contributed by atoms with Gasteiger partial charge in [-0.3, -0.25) is 9.71 Å². The number of fused-ring (bicyclic) bond motifs is 1. The average molecular weight is 281 g/mol. The summed E-state index contributed by atoms with van der Waals surface area (Å²) in [6.45, 7) is 2.61. The van der Waals surface area contributed by atoms with E-state index < -0.39 is 10.0 Å². The summed E-state index contributed by atoms with van der Waals surface area (Å²) in [7, 11) is -3.44. The fourth-order valence-corrected chi connectivity index (χ4v) is 3.44. The Morgan fingerprint density at radius 3 is 3.00 bits per heavy atom. The number of morpholine rings is 1. The van der Waals surface area contributed by atoms with Crippen LogP contribution in [-0.4, -0.2) is 46.6 Å². The van der Waals surface area contributed by atoms with Gasteiger partial charge in [0.15, 0.2) is 0 Å². The molecule has 2 heterocycles. The molecule has 2 aliphatic rings. The van der Waals surface area contributed by atoms with E-state index in [2.05, 4.69) is 15.0 Å². The third kappa shape index (κ3) is 2.49. The van der Waals surface area contributed by atoms with Crippen LogP contribution >= 0.6 is 0 Å². The van der Waals surface area contributed by atoms with E-state index in [0.29, 0.717) is 36.1 Å². The average Bonchev–Trinajstić information content (AvgIpc) is 2.70. The van der Waals surface area contributed by atoms with E-state index in [1.807, 2.05) is 0 Å². The Morgan fingerprint density at radius 2 is 2.21 bits per heavy atom. The standard InChI is InChI=1S/C12H15N3O3S/c16-19(17)11-4-2-1-3-10(11)12(15-19)14-7-9-8-18-6-5-13-9/h1-4,9,13H,5-8H2,(H,14,15). The normalized spacial score (nSPS) is 26.9. The molecule has 19 heavy (non-hydrogen) atoms. The maximum absolute atomic E-state index is 11.9. The van der Waals surface area contributed by atoms with Crippen molar-refractivity contribution in [2.24, 2.45) is 4.99 Å². The van der Waals surface area contributed by atoms with Gasteiger partial charge in [-0.15, -0.1) is 0 Å². The lowest BCUT2D eigenvalue weighted by Crippen LogP contribution is -2.43. The van der Waals surface area contributed by atoms with Crippen LogP contribution in [0, 0.1) is 0 Å². The zero-order valence-corrected chi connectivity index (χ0v) is 11.1. The van der Waals surface area contributed by atoms with Crippen LogP contribution < -0.4 is 10.0 Å². The molecule has 0 aliphatic carbocycles. The van der Waals surface area contributed by atoms with E-state index in [4.69, 9.17) is 4.74 Å². The van der Waals surface area contributed by atoms with E-state index in [0.717, 1.165) is 6.54 Å². The summed E-state index contributed by atoms with van der Waals surface area (Å²) in [5.41, 5.74) is 0.638. The van der Waals surface area contributed by atoms with Crippen molar-refractivity contribution in [3.63, 3.8) is 0 Å². The highest BCUT2D eigenvalue weighted by Gasteiger charge is 2.30. The minimum Gasteiger partial charge on any atom is -0.378 e. The molecule has 0 aromatic heterocycles. The summed E-state index contributed by atoms with van der Waals surface area (Å²) in [6.07, 6.45) is 0. The number of amidine groups is 1. The quantitative estimate of drug-likeness (QED) is 0.781. The number of benzene rings is 1. The lowest BCUT2D eigenvalue weighted by atomic mass is 10.2. The van der Waals surface area contributed by atoms with Crippen LogP contribution in [0.5, 0.6) is 0 Å². The van der Waals surface area contributed by atoms with Crippen molar-refractivity contribution in [1.82, 2.24) is 10.0 Å². The Bertz CT molecular complexity index is 606. The van der Waals surface area contributed by atoms with Crippen molar-refractivity contribution < 1.29 is 13.2 Å². The van der Waals surface area contributed by atoms with E-state index in [1.165, 1.54) is 0 Å². The molecule has 6 nitrogen and oxygen atoms in total. The summed E-state index contributed by atoms with van der Waals surface area (Å²) in [5, 5.41) is 3.28. The maximum Gasteiger partial charge on any atom is 0.263 e. The molecule has 1 aromatic carbocycles. The van der Waals surface area contributed by atoms with Crippen molar-refractivity contribution in [2.75, 3.05) is 26.3 Å². The van der Waals surface area contributed by atoms with Crippen LogP contribution in [0.4, 0.5) is 0 Å². The Hall–Kier alpha value is -1.44. The van der Waals surface area contributed by atoms with Gasteiger partial charge in [0.05, 0.1) is 30.7 Å². The third-order valence-corrected chi connectivity index (χ3v) is 4.53. The summed E-state index contributed by atoms with van der Waals surface area (Å²) >= 11 is 0. The topological polar surface area (TPSA) is 79.8 Å². The first kappa shape index (κ1) is 12.6. The monoisotopic (exact) mass is 281 g/mol. The van der Waals surface area contributed by atoms with Crippen LogP contribution in [-0.2, 0) is 14.8 Å². The van der Waals surface area contributed by atoms with Crippen LogP contribution in [0.3, 0.4) is 0 Å². The van der Waals surface area contributed by atoms with Gasteiger partial charge in [0, 0.05) is 12.1 Å². The summed E-state index contributed by atoms with van der Waals surface area (Å²) in [4.78, 5) is 4.66. The molecule has 3 rings (SSSR count). The lowest BCUT2D eigenvalue weighted by molar-refractivity contribution is 0.0796. The van der Waals surface area contributed by atoms with E-state index >= 15 is 0 Å². The molecule has 7 heteroatoms. The highest BCUT2D eigenvalue weighted by Crippen LogP contribution is 2.22. The van der Waals surface area contributed by atoms with Crippen molar-refractivity contribution in [3.8, 4) is 0 Å². The molecular formula is C12H15N3O3S. The van der Waals surface area contributed by atoms with Crippen LogP contribution in [0.1, 0.15) is 5.56 Å². The predicted octanol–water partition coefficient (Wildman–Crippen LogP) is -0.286. The molecule has 1 aromatic rings. The Morgan fingerprint density at radius 1 is 1.37 bits per heavy atom. The number of ether oxygens (including phenoxy) is 1. The summed E-state index contributed by atoms with van der Waals surface area (Å²) in [5.74, 6) is 0.419. The molecule has 2 aliphatic heterocycles. The number of nitrogens with one attached hydrogen (secondary N) is 2. The van der Waals surface area contributed by atoms with E-state index in [1.54, 1.807) is 24.3 Å². The van der Waals surface area contributed by atoms with Crippen LogP contribution in [0.15, 0.2) is 34.2 Å². The number of hydrogen-bond acceptors (Lipinski definition) is 5. The fourth-order valence-electron chi connectivity index (χ4n) is 2.19. The van der Waals surface area contributed by atoms with Crippen molar-refractivity contribution in [3.05, 3.63) is 29.8 Å².